The largest absolute Gasteiger partial charge is 0.305 e. The fourth-order valence-corrected chi connectivity index (χ4v) is 2.27. The SMILES string of the molecule is CONCCS(=O)(=O)c1ccc(C#N)cc1. The van der Waals surface area contributed by atoms with Gasteiger partial charge in [-0.1, -0.05) is 0 Å². The Morgan fingerprint density at radius 1 is 1.38 bits per heavy atom. The van der Waals surface area contributed by atoms with Gasteiger partial charge < -0.3 is 4.84 Å². The van der Waals surface area contributed by atoms with E-state index in [1.165, 1.54) is 31.4 Å². The number of sulfone groups is 1. The molecule has 86 valence electrons. The van der Waals surface area contributed by atoms with E-state index in [0.29, 0.717) is 5.56 Å². The van der Waals surface area contributed by atoms with Gasteiger partial charge in [0, 0.05) is 6.54 Å². The normalized spacial score (nSPS) is 11.0. The van der Waals surface area contributed by atoms with Crippen LogP contribution in [-0.4, -0.2) is 27.8 Å². The number of rotatable bonds is 5. The average molecular weight is 240 g/mol. The standard InChI is InChI=1S/C10H12N2O3S/c1-15-12-6-7-16(13,14)10-4-2-9(8-11)3-5-10/h2-5,12H,6-7H2,1H3. The zero-order valence-electron chi connectivity index (χ0n) is 8.80. The van der Waals surface area contributed by atoms with E-state index in [4.69, 9.17) is 5.26 Å². The predicted octanol–water partition coefficient (Wildman–Crippen LogP) is 0.483. The molecule has 0 atom stereocenters. The smallest absolute Gasteiger partial charge is 0.179 e. The first-order valence-corrected chi connectivity index (χ1v) is 6.24. The highest BCUT2D eigenvalue weighted by atomic mass is 32.2. The molecule has 0 spiro atoms. The Morgan fingerprint density at radius 2 is 2.00 bits per heavy atom. The van der Waals surface area contributed by atoms with Gasteiger partial charge in [-0.25, -0.2) is 13.9 Å². The van der Waals surface area contributed by atoms with Gasteiger partial charge in [-0.05, 0) is 24.3 Å². The maximum Gasteiger partial charge on any atom is 0.179 e. The van der Waals surface area contributed by atoms with Crippen LogP contribution in [0.4, 0.5) is 0 Å². The maximum absolute atomic E-state index is 11.7. The molecule has 6 heteroatoms. The summed E-state index contributed by atoms with van der Waals surface area (Å²) in [6, 6.07) is 7.76. The van der Waals surface area contributed by atoms with Gasteiger partial charge in [0.05, 0.1) is 29.4 Å². The summed E-state index contributed by atoms with van der Waals surface area (Å²) >= 11 is 0. The van der Waals surface area contributed by atoms with Crippen LogP contribution in [0.2, 0.25) is 0 Å². The molecule has 0 aromatic heterocycles. The Bertz CT molecular complexity index is 474. The number of benzene rings is 1. The third kappa shape index (κ3) is 3.31. The van der Waals surface area contributed by atoms with Gasteiger partial charge in [0.1, 0.15) is 0 Å². The van der Waals surface area contributed by atoms with E-state index in [2.05, 4.69) is 10.3 Å². The third-order valence-corrected chi connectivity index (χ3v) is 3.69. The number of nitriles is 1. The molecule has 16 heavy (non-hydrogen) atoms. The molecule has 0 saturated heterocycles. The van der Waals surface area contributed by atoms with Crippen molar-refractivity contribution < 1.29 is 13.3 Å². The molecule has 5 nitrogen and oxygen atoms in total. The zero-order chi connectivity index (χ0) is 12.0. The van der Waals surface area contributed by atoms with Gasteiger partial charge in [-0.2, -0.15) is 5.26 Å². The molecule has 1 aromatic carbocycles. The third-order valence-electron chi connectivity index (χ3n) is 1.96. The Morgan fingerprint density at radius 3 is 2.50 bits per heavy atom. The second kappa shape index (κ2) is 5.61. The highest BCUT2D eigenvalue weighted by molar-refractivity contribution is 7.91. The molecule has 0 unspecified atom stereocenters. The van der Waals surface area contributed by atoms with E-state index in [1.54, 1.807) is 0 Å². The van der Waals surface area contributed by atoms with Crippen LogP contribution in [0, 0.1) is 11.3 Å². The van der Waals surface area contributed by atoms with Crippen LogP contribution in [0.1, 0.15) is 5.56 Å². The topological polar surface area (TPSA) is 79.2 Å². The number of nitrogens with zero attached hydrogens (tertiary/aromatic N) is 1. The molecule has 0 aliphatic rings. The van der Waals surface area contributed by atoms with E-state index >= 15 is 0 Å². The van der Waals surface area contributed by atoms with Gasteiger partial charge in [-0.3, -0.25) is 0 Å². The van der Waals surface area contributed by atoms with Crippen molar-refractivity contribution in [3.05, 3.63) is 29.8 Å². The van der Waals surface area contributed by atoms with Crippen molar-refractivity contribution in [2.24, 2.45) is 0 Å². The molecule has 1 rings (SSSR count). The summed E-state index contributed by atoms with van der Waals surface area (Å²) in [6.45, 7) is 0.221. The lowest BCUT2D eigenvalue weighted by molar-refractivity contribution is 0.0967. The quantitative estimate of drug-likeness (QED) is 0.598. The molecular formula is C10H12N2O3S. The average Bonchev–Trinajstić information content (AvgIpc) is 2.29. The summed E-state index contributed by atoms with van der Waals surface area (Å²) in [6.07, 6.45) is 0. The summed E-state index contributed by atoms with van der Waals surface area (Å²) in [7, 11) is -1.88. The van der Waals surface area contributed by atoms with Crippen LogP contribution >= 0.6 is 0 Å². The first-order valence-electron chi connectivity index (χ1n) is 4.59. The van der Waals surface area contributed by atoms with E-state index in [-0.39, 0.29) is 17.2 Å². The zero-order valence-corrected chi connectivity index (χ0v) is 9.62. The second-order valence-electron chi connectivity index (χ2n) is 3.05. The summed E-state index contributed by atoms with van der Waals surface area (Å²) in [5.41, 5.74) is 2.90. The fourth-order valence-electron chi connectivity index (χ4n) is 1.13. The Labute approximate surface area is 94.5 Å². The lowest BCUT2D eigenvalue weighted by atomic mass is 10.2. The Hall–Kier alpha value is -1.42. The van der Waals surface area contributed by atoms with Crippen molar-refractivity contribution in [1.29, 1.82) is 5.26 Å². The van der Waals surface area contributed by atoms with Gasteiger partial charge in [0.2, 0.25) is 0 Å². The minimum Gasteiger partial charge on any atom is -0.305 e. The van der Waals surface area contributed by atoms with Crippen LogP contribution in [0.3, 0.4) is 0 Å². The van der Waals surface area contributed by atoms with E-state index in [1.807, 2.05) is 6.07 Å². The van der Waals surface area contributed by atoms with Crippen molar-refractivity contribution >= 4 is 9.84 Å². The molecular weight excluding hydrogens is 228 g/mol. The van der Waals surface area contributed by atoms with Crippen LogP contribution in [0.15, 0.2) is 29.2 Å². The minimum absolute atomic E-state index is 0.0489. The molecule has 0 fully saturated rings. The number of hydroxylamine groups is 1. The summed E-state index contributed by atoms with van der Waals surface area (Å²) in [5.74, 6) is -0.0489. The lowest BCUT2D eigenvalue weighted by Gasteiger charge is -2.04. The molecule has 0 amide bonds. The van der Waals surface area contributed by atoms with Crippen molar-refractivity contribution in [3.8, 4) is 6.07 Å². The van der Waals surface area contributed by atoms with Crippen LogP contribution in [0.25, 0.3) is 0 Å². The van der Waals surface area contributed by atoms with Crippen molar-refractivity contribution in [1.82, 2.24) is 5.48 Å². The first-order chi connectivity index (χ1) is 7.60. The molecule has 0 saturated carbocycles. The highest BCUT2D eigenvalue weighted by Crippen LogP contribution is 2.11. The lowest BCUT2D eigenvalue weighted by Crippen LogP contribution is -2.22. The molecule has 1 N–H and O–H groups in total. The molecule has 0 bridgehead atoms. The Balaban J connectivity index is 2.79. The van der Waals surface area contributed by atoms with Crippen molar-refractivity contribution in [2.45, 2.75) is 4.90 Å². The van der Waals surface area contributed by atoms with E-state index in [0.717, 1.165) is 0 Å². The summed E-state index contributed by atoms with van der Waals surface area (Å²) < 4.78 is 23.5. The maximum atomic E-state index is 11.7. The summed E-state index contributed by atoms with van der Waals surface area (Å²) in [5, 5.41) is 8.58. The van der Waals surface area contributed by atoms with E-state index < -0.39 is 9.84 Å². The molecule has 0 heterocycles. The molecule has 0 radical (unpaired) electrons. The monoisotopic (exact) mass is 240 g/mol. The van der Waals surface area contributed by atoms with Crippen LogP contribution in [0.5, 0.6) is 0 Å². The second-order valence-corrected chi connectivity index (χ2v) is 5.16. The summed E-state index contributed by atoms with van der Waals surface area (Å²) in [4.78, 5) is 4.76. The van der Waals surface area contributed by atoms with Gasteiger partial charge in [0.25, 0.3) is 0 Å². The minimum atomic E-state index is -3.31. The van der Waals surface area contributed by atoms with Crippen LogP contribution in [-0.2, 0) is 14.7 Å². The fraction of sp³-hybridized carbons (Fsp3) is 0.300. The van der Waals surface area contributed by atoms with Crippen molar-refractivity contribution in [2.75, 3.05) is 19.4 Å². The van der Waals surface area contributed by atoms with E-state index in [9.17, 15) is 8.42 Å². The number of hydrogen-bond acceptors (Lipinski definition) is 5. The van der Waals surface area contributed by atoms with Crippen molar-refractivity contribution in [3.63, 3.8) is 0 Å². The Kier molecular flexibility index (Phi) is 4.43. The first kappa shape index (κ1) is 12.6. The molecule has 0 aliphatic carbocycles. The molecule has 0 aliphatic heterocycles. The van der Waals surface area contributed by atoms with Gasteiger partial charge >= 0.3 is 0 Å². The number of nitrogens with one attached hydrogen (secondary N) is 1. The van der Waals surface area contributed by atoms with Gasteiger partial charge in [-0.15, -0.1) is 0 Å². The number of hydrogen-bond donors (Lipinski definition) is 1. The van der Waals surface area contributed by atoms with Crippen LogP contribution < -0.4 is 5.48 Å². The molecule has 1 aromatic rings. The predicted molar refractivity (Wildman–Crippen MR) is 58.2 cm³/mol. The highest BCUT2D eigenvalue weighted by Gasteiger charge is 2.13. The van der Waals surface area contributed by atoms with Gasteiger partial charge in [0.15, 0.2) is 9.84 Å².